The molecule has 0 aliphatic carbocycles. The van der Waals surface area contributed by atoms with Crippen molar-refractivity contribution in [1.82, 2.24) is 14.9 Å². The number of amides is 2. The quantitative estimate of drug-likeness (QED) is 0.364. The number of anilines is 1. The smallest absolute Gasteiger partial charge is 0.317 e. The van der Waals surface area contributed by atoms with Gasteiger partial charge in [0, 0.05) is 29.9 Å². The lowest BCUT2D eigenvalue weighted by atomic mass is 10.0. The van der Waals surface area contributed by atoms with Crippen LogP contribution in [0.1, 0.15) is 0 Å². The van der Waals surface area contributed by atoms with E-state index >= 15 is 0 Å². The average molecular weight is 421 g/mol. The minimum absolute atomic E-state index is 0.221. The molecule has 3 aromatic carbocycles. The van der Waals surface area contributed by atoms with Gasteiger partial charge in [-0.05, 0) is 18.2 Å². The topological polar surface area (TPSA) is 58.1 Å². The van der Waals surface area contributed by atoms with Crippen molar-refractivity contribution in [2.75, 3.05) is 18.4 Å². The number of urea groups is 1. The maximum atomic E-state index is 12.6. The van der Waals surface area contributed by atoms with Crippen LogP contribution in [0.15, 0.2) is 104 Å². The fourth-order valence-corrected chi connectivity index (χ4v) is 3.48. The number of fused-ring (bicyclic) bond motifs is 1. The molecule has 0 aliphatic heterocycles. The summed E-state index contributed by atoms with van der Waals surface area (Å²) in [5, 5.41) is 2.93. The van der Waals surface area contributed by atoms with Gasteiger partial charge >= 0.3 is 6.03 Å². The molecule has 0 spiro atoms. The maximum Gasteiger partial charge on any atom is 0.322 e. The molecule has 1 N–H and O–H groups in total. The second-order valence-electron chi connectivity index (χ2n) is 7.27. The number of carbonyl (C=O) groups is 1. The van der Waals surface area contributed by atoms with E-state index in [0.717, 1.165) is 28.0 Å². The second-order valence-corrected chi connectivity index (χ2v) is 7.27. The first-order valence-electron chi connectivity index (χ1n) is 10.4. The number of nitrogens with zero attached hydrogens (tertiary/aromatic N) is 3. The van der Waals surface area contributed by atoms with Crippen LogP contribution in [0.5, 0.6) is 0 Å². The van der Waals surface area contributed by atoms with Crippen molar-refractivity contribution < 1.29 is 4.79 Å². The molecule has 5 heteroatoms. The van der Waals surface area contributed by atoms with Crippen LogP contribution in [0.3, 0.4) is 0 Å². The van der Waals surface area contributed by atoms with Crippen molar-refractivity contribution in [2.24, 2.45) is 0 Å². The van der Waals surface area contributed by atoms with E-state index in [1.165, 1.54) is 0 Å². The number of benzene rings is 3. The fraction of sp³-hybridized carbons (Fsp3) is 0.0741. The van der Waals surface area contributed by atoms with Gasteiger partial charge in [0.25, 0.3) is 0 Å². The monoisotopic (exact) mass is 420 g/mol. The summed E-state index contributed by atoms with van der Waals surface area (Å²) in [6.07, 6.45) is 3.37. The lowest BCUT2D eigenvalue weighted by Gasteiger charge is -2.20. The van der Waals surface area contributed by atoms with Gasteiger partial charge in [-0.3, -0.25) is 0 Å². The van der Waals surface area contributed by atoms with Crippen LogP contribution < -0.4 is 5.32 Å². The SMILES string of the molecule is C=CCN(CC=C)C(=O)Nc1ccc2nc(-c3ccccc3)c(-c3ccccc3)nc2c1. The summed E-state index contributed by atoms with van der Waals surface area (Å²) in [7, 11) is 0. The van der Waals surface area contributed by atoms with Gasteiger partial charge in [0.15, 0.2) is 0 Å². The molecule has 0 unspecified atom stereocenters. The van der Waals surface area contributed by atoms with E-state index in [0.29, 0.717) is 24.3 Å². The van der Waals surface area contributed by atoms with E-state index in [2.05, 4.69) is 18.5 Å². The Morgan fingerprint density at radius 3 is 1.84 bits per heavy atom. The Hall–Kier alpha value is -4.25. The Bertz CT molecular complexity index is 1240. The third-order valence-electron chi connectivity index (χ3n) is 5.00. The highest BCUT2D eigenvalue weighted by Crippen LogP contribution is 2.31. The van der Waals surface area contributed by atoms with Crippen LogP contribution in [0, 0.1) is 0 Å². The molecule has 32 heavy (non-hydrogen) atoms. The van der Waals surface area contributed by atoms with Crippen LogP contribution >= 0.6 is 0 Å². The molecule has 5 nitrogen and oxygen atoms in total. The summed E-state index contributed by atoms with van der Waals surface area (Å²) >= 11 is 0. The Labute approximate surface area is 187 Å². The van der Waals surface area contributed by atoms with Gasteiger partial charge in [-0.25, -0.2) is 14.8 Å². The zero-order chi connectivity index (χ0) is 22.3. The van der Waals surface area contributed by atoms with Crippen LogP contribution in [-0.4, -0.2) is 34.0 Å². The molecule has 0 aliphatic rings. The molecule has 2 amide bonds. The number of hydrogen-bond donors (Lipinski definition) is 1. The van der Waals surface area contributed by atoms with Gasteiger partial charge in [0.2, 0.25) is 0 Å². The van der Waals surface area contributed by atoms with Crippen molar-refractivity contribution in [3.8, 4) is 22.5 Å². The molecule has 4 rings (SSSR count). The number of rotatable bonds is 7. The van der Waals surface area contributed by atoms with Gasteiger partial charge in [0.1, 0.15) is 0 Å². The van der Waals surface area contributed by atoms with Crippen LogP contribution in [0.4, 0.5) is 10.5 Å². The molecule has 0 bridgehead atoms. The fourth-order valence-electron chi connectivity index (χ4n) is 3.48. The number of hydrogen-bond acceptors (Lipinski definition) is 3. The molecule has 0 fully saturated rings. The van der Waals surface area contributed by atoms with Gasteiger partial charge in [-0.2, -0.15) is 0 Å². The molecule has 0 radical (unpaired) electrons. The molecule has 1 aromatic heterocycles. The third kappa shape index (κ3) is 4.57. The van der Waals surface area contributed by atoms with E-state index in [1.54, 1.807) is 17.1 Å². The van der Waals surface area contributed by atoms with Crippen LogP contribution in [-0.2, 0) is 0 Å². The molecular formula is C27H24N4O. The highest BCUT2D eigenvalue weighted by Gasteiger charge is 2.15. The molecular weight excluding hydrogens is 396 g/mol. The van der Waals surface area contributed by atoms with Gasteiger partial charge in [-0.1, -0.05) is 72.8 Å². The Kier molecular flexibility index (Phi) is 6.37. The molecule has 0 saturated carbocycles. The van der Waals surface area contributed by atoms with E-state index in [9.17, 15) is 4.79 Å². The van der Waals surface area contributed by atoms with Gasteiger partial charge in [-0.15, -0.1) is 13.2 Å². The Morgan fingerprint density at radius 1 is 0.781 bits per heavy atom. The molecule has 0 atom stereocenters. The van der Waals surface area contributed by atoms with Crippen molar-refractivity contribution in [2.45, 2.75) is 0 Å². The summed E-state index contributed by atoms with van der Waals surface area (Å²) in [6, 6.07) is 25.4. The van der Waals surface area contributed by atoms with Crippen LogP contribution in [0.25, 0.3) is 33.5 Å². The first-order valence-corrected chi connectivity index (χ1v) is 10.4. The van der Waals surface area contributed by atoms with Crippen molar-refractivity contribution >= 4 is 22.8 Å². The zero-order valence-corrected chi connectivity index (χ0v) is 17.7. The van der Waals surface area contributed by atoms with Gasteiger partial charge < -0.3 is 10.2 Å². The van der Waals surface area contributed by atoms with E-state index in [-0.39, 0.29) is 6.03 Å². The predicted molar refractivity (Wildman–Crippen MR) is 131 cm³/mol. The Balaban J connectivity index is 1.76. The third-order valence-corrected chi connectivity index (χ3v) is 5.00. The normalized spacial score (nSPS) is 10.5. The standard InChI is InChI=1S/C27H24N4O/c1-3-17-31(18-4-2)27(32)28-22-15-16-23-24(19-22)30-26(21-13-9-6-10-14-21)25(29-23)20-11-7-5-8-12-20/h3-16,19H,1-2,17-18H2,(H,28,32). The van der Waals surface area contributed by atoms with Crippen molar-refractivity contribution in [3.63, 3.8) is 0 Å². The summed E-state index contributed by atoms with van der Waals surface area (Å²) in [5.41, 5.74) is 5.73. The lowest BCUT2D eigenvalue weighted by molar-refractivity contribution is 0.222. The Morgan fingerprint density at radius 2 is 1.31 bits per heavy atom. The van der Waals surface area contributed by atoms with E-state index in [4.69, 9.17) is 9.97 Å². The maximum absolute atomic E-state index is 12.6. The van der Waals surface area contributed by atoms with Crippen molar-refractivity contribution in [3.05, 3.63) is 104 Å². The van der Waals surface area contributed by atoms with E-state index < -0.39 is 0 Å². The predicted octanol–water partition coefficient (Wildman–Crippen LogP) is 6.17. The summed E-state index contributed by atoms with van der Waals surface area (Å²) < 4.78 is 0. The first-order chi connectivity index (χ1) is 15.7. The molecule has 158 valence electrons. The number of carbonyl (C=O) groups excluding carboxylic acids is 1. The minimum Gasteiger partial charge on any atom is -0.317 e. The molecule has 4 aromatic rings. The van der Waals surface area contributed by atoms with Crippen LogP contribution in [0.2, 0.25) is 0 Å². The average Bonchev–Trinajstić information content (AvgIpc) is 2.84. The largest absolute Gasteiger partial charge is 0.322 e. The first kappa shape index (κ1) is 21.0. The number of aromatic nitrogens is 2. The summed E-state index contributed by atoms with van der Waals surface area (Å²) in [5.74, 6) is 0. The highest BCUT2D eigenvalue weighted by atomic mass is 16.2. The lowest BCUT2D eigenvalue weighted by Crippen LogP contribution is -2.35. The van der Waals surface area contributed by atoms with Gasteiger partial charge in [0.05, 0.1) is 22.4 Å². The molecule has 1 heterocycles. The number of nitrogens with one attached hydrogen (secondary N) is 1. The van der Waals surface area contributed by atoms with E-state index in [1.807, 2.05) is 78.9 Å². The molecule has 0 saturated heterocycles. The highest BCUT2D eigenvalue weighted by molar-refractivity contribution is 5.93. The van der Waals surface area contributed by atoms with Crippen molar-refractivity contribution in [1.29, 1.82) is 0 Å². The second kappa shape index (κ2) is 9.71. The zero-order valence-electron chi connectivity index (χ0n) is 17.7. The minimum atomic E-state index is -0.221. The summed E-state index contributed by atoms with van der Waals surface area (Å²) in [4.78, 5) is 24.1. The summed E-state index contributed by atoms with van der Waals surface area (Å²) in [6.45, 7) is 8.29.